The zero-order valence-corrected chi connectivity index (χ0v) is 15.1. The van der Waals surface area contributed by atoms with Gasteiger partial charge in [0, 0.05) is 51.8 Å². The fourth-order valence-corrected chi connectivity index (χ4v) is 4.28. The van der Waals surface area contributed by atoms with E-state index in [1.165, 1.54) is 0 Å². The molecule has 2 amide bonds. The highest BCUT2D eigenvalue weighted by Crippen LogP contribution is 2.41. The highest BCUT2D eigenvalue weighted by molar-refractivity contribution is 5.94. The maximum atomic E-state index is 13.2. The van der Waals surface area contributed by atoms with Gasteiger partial charge in [0.15, 0.2) is 0 Å². The average Bonchev–Trinajstić information content (AvgIpc) is 3.21. The van der Waals surface area contributed by atoms with Crippen LogP contribution in [0.2, 0.25) is 0 Å². The summed E-state index contributed by atoms with van der Waals surface area (Å²) in [4.78, 5) is 34.0. The third-order valence-electron chi connectivity index (χ3n) is 5.72. The molecule has 2 saturated heterocycles. The molecule has 0 unspecified atom stereocenters. The lowest BCUT2D eigenvalue weighted by Crippen LogP contribution is -2.50. The van der Waals surface area contributed by atoms with Crippen molar-refractivity contribution in [3.05, 3.63) is 54.1 Å². The number of rotatable bonds is 3. The van der Waals surface area contributed by atoms with E-state index in [1.807, 2.05) is 58.1 Å². The van der Waals surface area contributed by atoms with E-state index in [9.17, 15) is 9.59 Å². The molecule has 0 saturated carbocycles. The van der Waals surface area contributed by atoms with E-state index in [2.05, 4.69) is 4.98 Å². The van der Waals surface area contributed by atoms with Gasteiger partial charge in [-0.1, -0.05) is 6.07 Å². The number of carbonyl (C=O) groups excluding carboxylic acids is 2. The summed E-state index contributed by atoms with van der Waals surface area (Å²) in [5.41, 5.74) is 1.31. The van der Waals surface area contributed by atoms with Gasteiger partial charge in [-0.25, -0.2) is 0 Å². The third kappa shape index (κ3) is 2.89. The van der Waals surface area contributed by atoms with Crippen molar-refractivity contribution in [2.75, 3.05) is 19.6 Å². The Kier molecular flexibility index (Phi) is 4.26. The third-order valence-corrected chi connectivity index (χ3v) is 5.72. The van der Waals surface area contributed by atoms with E-state index in [-0.39, 0.29) is 11.8 Å². The van der Waals surface area contributed by atoms with Gasteiger partial charge in [-0.15, -0.1) is 0 Å². The maximum Gasteiger partial charge on any atom is 0.270 e. The fourth-order valence-electron chi connectivity index (χ4n) is 4.28. The van der Waals surface area contributed by atoms with E-state index in [1.54, 1.807) is 6.20 Å². The van der Waals surface area contributed by atoms with Gasteiger partial charge in [0.2, 0.25) is 5.91 Å². The summed E-state index contributed by atoms with van der Waals surface area (Å²) in [6, 6.07) is 7.61. The maximum absolute atomic E-state index is 13.2. The van der Waals surface area contributed by atoms with E-state index in [4.69, 9.17) is 0 Å². The van der Waals surface area contributed by atoms with Crippen molar-refractivity contribution in [3.63, 3.8) is 0 Å². The van der Waals surface area contributed by atoms with Crippen LogP contribution in [0.3, 0.4) is 0 Å². The van der Waals surface area contributed by atoms with Crippen LogP contribution in [0.5, 0.6) is 0 Å². The Hall–Kier alpha value is -2.63. The first-order valence-corrected chi connectivity index (χ1v) is 9.18. The predicted molar refractivity (Wildman–Crippen MR) is 97.3 cm³/mol. The van der Waals surface area contributed by atoms with Crippen LogP contribution in [0, 0.1) is 5.41 Å². The van der Waals surface area contributed by atoms with Gasteiger partial charge < -0.3 is 14.4 Å². The molecule has 2 aromatic heterocycles. The number of hydrogen-bond acceptors (Lipinski definition) is 3. The molecule has 0 N–H and O–H groups in total. The van der Waals surface area contributed by atoms with Crippen LogP contribution in [0.4, 0.5) is 0 Å². The lowest BCUT2D eigenvalue weighted by Gasteiger charge is -2.39. The van der Waals surface area contributed by atoms with E-state index in [0.717, 1.165) is 37.9 Å². The SMILES string of the molecule is Cn1cccc1C(=O)N1CCC[C@@]2(CCN(Cc3cccnc3)C2=O)C1. The molecule has 2 aliphatic heterocycles. The number of carbonyl (C=O) groups is 2. The number of aromatic nitrogens is 2. The van der Waals surface area contributed by atoms with Crippen LogP contribution in [0.25, 0.3) is 0 Å². The Labute approximate surface area is 153 Å². The standard InChI is InChI=1S/C20H24N4O2/c1-22-10-3-6-17(22)18(25)24-11-4-7-20(15-24)8-12-23(19(20)26)14-16-5-2-9-21-13-16/h2-3,5-6,9-10,13H,4,7-8,11-12,14-15H2,1H3/t20-/m1/s1. The fraction of sp³-hybridized carbons (Fsp3) is 0.450. The molecular weight excluding hydrogens is 328 g/mol. The van der Waals surface area contributed by atoms with Crippen LogP contribution in [-0.2, 0) is 18.4 Å². The van der Waals surface area contributed by atoms with Gasteiger partial charge in [-0.3, -0.25) is 14.6 Å². The number of amides is 2. The van der Waals surface area contributed by atoms with E-state index in [0.29, 0.717) is 18.8 Å². The van der Waals surface area contributed by atoms with Crippen molar-refractivity contribution in [1.29, 1.82) is 0 Å². The van der Waals surface area contributed by atoms with Gasteiger partial charge in [0.1, 0.15) is 5.69 Å². The average molecular weight is 352 g/mol. The van der Waals surface area contributed by atoms with Crippen molar-refractivity contribution in [1.82, 2.24) is 19.4 Å². The Morgan fingerprint density at radius 3 is 2.85 bits per heavy atom. The van der Waals surface area contributed by atoms with Crippen molar-refractivity contribution in [2.45, 2.75) is 25.8 Å². The van der Waals surface area contributed by atoms with E-state index < -0.39 is 5.41 Å². The zero-order valence-electron chi connectivity index (χ0n) is 15.1. The quantitative estimate of drug-likeness (QED) is 0.850. The molecule has 6 nitrogen and oxygen atoms in total. The molecule has 0 radical (unpaired) electrons. The summed E-state index contributed by atoms with van der Waals surface area (Å²) in [6.07, 6.45) is 8.00. The first-order chi connectivity index (χ1) is 12.6. The van der Waals surface area contributed by atoms with E-state index >= 15 is 0 Å². The van der Waals surface area contributed by atoms with Crippen LogP contribution in [-0.4, -0.2) is 50.8 Å². The lowest BCUT2D eigenvalue weighted by atomic mass is 9.78. The Bertz CT molecular complexity index is 816. The summed E-state index contributed by atoms with van der Waals surface area (Å²) in [5, 5.41) is 0. The number of pyridine rings is 1. The molecule has 0 bridgehead atoms. The molecule has 1 atom stereocenters. The van der Waals surface area contributed by atoms with Crippen molar-refractivity contribution in [2.24, 2.45) is 12.5 Å². The van der Waals surface area contributed by atoms with Crippen LogP contribution < -0.4 is 0 Å². The highest BCUT2D eigenvalue weighted by Gasteiger charge is 2.49. The molecule has 2 aliphatic rings. The number of aryl methyl sites for hydroxylation is 1. The second kappa shape index (κ2) is 6.59. The van der Waals surface area contributed by atoms with Crippen LogP contribution in [0.1, 0.15) is 35.3 Å². The molecular formula is C20H24N4O2. The molecule has 4 rings (SSSR count). The number of nitrogens with zero attached hydrogens (tertiary/aromatic N) is 4. The first kappa shape index (κ1) is 16.8. The Balaban J connectivity index is 1.49. The Morgan fingerprint density at radius 1 is 1.23 bits per heavy atom. The minimum Gasteiger partial charge on any atom is -0.347 e. The van der Waals surface area contributed by atoms with Crippen molar-refractivity contribution >= 4 is 11.8 Å². The van der Waals surface area contributed by atoms with Gasteiger partial charge in [-0.05, 0) is 43.0 Å². The lowest BCUT2D eigenvalue weighted by molar-refractivity contribution is -0.138. The minimum absolute atomic E-state index is 0.0232. The van der Waals surface area contributed by atoms with Gasteiger partial charge >= 0.3 is 0 Å². The van der Waals surface area contributed by atoms with Crippen molar-refractivity contribution < 1.29 is 9.59 Å². The second-order valence-electron chi connectivity index (χ2n) is 7.45. The van der Waals surface area contributed by atoms with Gasteiger partial charge in [0.25, 0.3) is 5.91 Å². The molecule has 26 heavy (non-hydrogen) atoms. The normalized spacial score (nSPS) is 23.0. The molecule has 0 aromatic carbocycles. The largest absolute Gasteiger partial charge is 0.347 e. The molecule has 2 fully saturated rings. The summed E-state index contributed by atoms with van der Waals surface area (Å²) in [7, 11) is 1.88. The smallest absolute Gasteiger partial charge is 0.270 e. The second-order valence-corrected chi connectivity index (χ2v) is 7.45. The predicted octanol–water partition coefficient (Wildman–Crippen LogP) is 2.08. The number of likely N-dealkylation sites (tertiary alicyclic amines) is 2. The molecule has 136 valence electrons. The van der Waals surface area contributed by atoms with Gasteiger partial charge in [0.05, 0.1) is 5.41 Å². The van der Waals surface area contributed by atoms with Gasteiger partial charge in [-0.2, -0.15) is 0 Å². The number of hydrogen-bond donors (Lipinski definition) is 0. The molecule has 2 aromatic rings. The molecule has 4 heterocycles. The summed E-state index contributed by atoms with van der Waals surface area (Å²) >= 11 is 0. The topological polar surface area (TPSA) is 58.4 Å². The monoisotopic (exact) mass is 352 g/mol. The summed E-state index contributed by atoms with van der Waals surface area (Å²) < 4.78 is 1.84. The molecule has 1 spiro atoms. The first-order valence-electron chi connectivity index (χ1n) is 9.18. The Morgan fingerprint density at radius 2 is 2.12 bits per heavy atom. The highest BCUT2D eigenvalue weighted by atomic mass is 16.2. The van der Waals surface area contributed by atoms with Crippen LogP contribution >= 0.6 is 0 Å². The zero-order chi connectivity index (χ0) is 18.1. The summed E-state index contributed by atoms with van der Waals surface area (Å²) in [6.45, 7) is 2.60. The van der Waals surface area contributed by atoms with Crippen LogP contribution in [0.15, 0.2) is 42.9 Å². The molecule has 6 heteroatoms. The minimum atomic E-state index is -0.415. The summed E-state index contributed by atoms with van der Waals surface area (Å²) in [5.74, 6) is 0.209. The number of piperidine rings is 1. The van der Waals surface area contributed by atoms with Crippen molar-refractivity contribution in [3.8, 4) is 0 Å². The molecule has 0 aliphatic carbocycles.